The molecular formula is C9H15BrN2S. The summed E-state index contributed by atoms with van der Waals surface area (Å²) in [5, 5.41) is 3.27. The van der Waals surface area contributed by atoms with E-state index in [-0.39, 0.29) is 6.04 Å². The maximum absolute atomic E-state index is 5.77. The molecule has 0 aliphatic rings. The lowest BCUT2D eigenvalue weighted by Gasteiger charge is -2.16. The lowest BCUT2D eigenvalue weighted by Crippen LogP contribution is -2.25. The zero-order valence-corrected chi connectivity index (χ0v) is 10.3. The third-order valence-corrected chi connectivity index (χ3v) is 3.63. The normalized spacial score (nSPS) is 15.7. The average molecular weight is 263 g/mol. The zero-order chi connectivity index (χ0) is 9.84. The Balaban J connectivity index is 2.66. The molecule has 2 atom stereocenters. The average Bonchev–Trinajstić information content (AvgIpc) is 2.47. The predicted molar refractivity (Wildman–Crippen MR) is 62.1 cm³/mol. The third-order valence-electron chi connectivity index (χ3n) is 1.89. The lowest BCUT2D eigenvalue weighted by molar-refractivity contribution is 0.506. The van der Waals surface area contributed by atoms with Crippen LogP contribution in [0.3, 0.4) is 0 Å². The van der Waals surface area contributed by atoms with Crippen LogP contribution in [0.25, 0.3) is 0 Å². The first-order chi connectivity index (χ1) is 6.13. The number of halogens is 1. The number of nitrogens with one attached hydrogen (secondary N) is 1. The van der Waals surface area contributed by atoms with Crippen molar-refractivity contribution in [2.45, 2.75) is 25.4 Å². The molecule has 0 radical (unpaired) electrons. The molecule has 13 heavy (non-hydrogen) atoms. The van der Waals surface area contributed by atoms with E-state index in [0.717, 1.165) is 6.42 Å². The first kappa shape index (κ1) is 11.2. The fourth-order valence-electron chi connectivity index (χ4n) is 1.26. The van der Waals surface area contributed by atoms with Crippen LogP contribution < -0.4 is 11.1 Å². The topological polar surface area (TPSA) is 38.0 Å². The number of nitrogens with two attached hydrogens (primary N) is 1. The molecule has 74 valence electrons. The molecule has 3 N–H and O–H groups in total. The summed E-state index contributed by atoms with van der Waals surface area (Å²) in [7, 11) is 1.97. The van der Waals surface area contributed by atoms with E-state index in [1.165, 1.54) is 8.66 Å². The SMILES string of the molecule is CNC(CC(C)N)c1ccc(Br)s1. The van der Waals surface area contributed by atoms with Crippen LogP contribution in [-0.4, -0.2) is 13.1 Å². The van der Waals surface area contributed by atoms with Crippen LogP contribution in [0.1, 0.15) is 24.3 Å². The summed E-state index contributed by atoms with van der Waals surface area (Å²) in [5.41, 5.74) is 5.77. The number of hydrogen-bond donors (Lipinski definition) is 2. The van der Waals surface area contributed by atoms with E-state index in [4.69, 9.17) is 5.73 Å². The summed E-state index contributed by atoms with van der Waals surface area (Å²) < 4.78 is 1.17. The number of hydrogen-bond acceptors (Lipinski definition) is 3. The van der Waals surface area contributed by atoms with Gasteiger partial charge in [0.05, 0.1) is 3.79 Å². The highest BCUT2D eigenvalue weighted by atomic mass is 79.9. The van der Waals surface area contributed by atoms with Crippen molar-refractivity contribution in [1.82, 2.24) is 5.32 Å². The minimum atomic E-state index is 0.235. The molecule has 0 fully saturated rings. The minimum Gasteiger partial charge on any atom is -0.328 e. The van der Waals surface area contributed by atoms with E-state index in [1.54, 1.807) is 11.3 Å². The second kappa shape index (κ2) is 5.10. The Kier molecular flexibility index (Phi) is 4.38. The van der Waals surface area contributed by atoms with Crippen molar-refractivity contribution in [3.05, 3.63) is 20.8 Å². The van der Waals surface area contributed by atoms with E-state index in [9.17, 15) is 0 Å². The molecule has 0 amide bonds. The van der Waals surface area contributed by atoms with E-state index in [0.29, 0.717) is 6.04 Å². The maximum atomic E-state index is 5.77. The highest BCUT2D eigenvalue weighted by Gasteiger charge is 2.12. The Morgan fingerprint density at radius 2 is 2.31 bits per heavy atom. The Hall–Kier alpha value is 0.1000. The second-order valence-electron chi connectivity index (χ2n) is 3.20. The summed E-state index contributed by atoms with van der Waals surface area (Å²) in [5.74, 6) is 0. The highest BCUT2D eigenvalue weighted by molar-refractivity contribution is 9.11. The van der Waals surface area contributed by atoms with Gasteiger partial charge < -0.3 is 11.1 Å². The van der Waals surface area contributed by atoms with Crippen LogP contribution in [0, 0.1) is 0 Å². The third kappa shape index (κ3) is 3.38. The molecule has 0 saturated heterocycles. The largest absolute Gasteiger partial charge is 0.328 e. The van der Waals surface area contributed by atoms with Gasteiger partial charge in [-0.15, -0.1) is 11.3 Å². The van der Waals surface area contributed by atoms with Crippen LogP contribution in [0.15, 0.2) is 15.9 Å². The predicted octanol–water partition coefficient (Wildman–Crippen LogP) is 2.51. The van der Waals surface area contributed by atoms with Gasteiger partial charge in [0.2, 0.25) is 0 Å². The van der Waals surface area contributed by atoms with Gasteiger partial charge in [-0.1, -0.05) is 0 Å². The molecular weight excluding hydrogens is 248 g/mol. The molecule has 1 aromatic rings. The molecule has 0 bridgehead atoms. The smallest absolute Gasteiger partial charge is 0.0701 e. The van der Waals surface area contributed by atoms with E-state index >= 15 is 0 Å². The van der Waals surface area contributed by atoms with Gasteiger partial charge in [-0.3, -0.25) is 0 Å². The van der Waals surface area contributed by atoms with Crippen molar-refractivity contribution in [3.8, 4) is 0 Å². The van der Waals surface area contributed by atoms with E-state index < -0.39 is 0 Å². The Morgan fingerprint density at radius 3 is 2.69 bits per heavy atom. The van der Waals surface area contributed by atoms with Crippen LogP contribution in [0.4, 0.5) is 0 Å². The van der Waals surface area contributed by atoms with Gasteiger partial charge in [-0.25, -0.2) is 0 Å². The monoisotopic (exact) mass is 262 g/mol. The van der Waals surface area contributed by atoms with Crippen molar-refractivity contribution in [2.75, 3.05) is 7.05 Å². The maximum Gasteiger partial charge on any atom is 0.0701 e. The van der Waals surface area contributed by atoms with Gasteiger partial charge in [-0.2, -0.15) is 0 Å². The molecule has 0 aromatic carbocycles. The van der Waals surface area contributed by atoms with Gasteiger partial charge in [-0.05, 0) is 48.5 Å². The molecule has 0 saturated carbocycles. The molecule has 0 aliphatic carbocycles. The van der Waals surface area contributed by atoms with Crippen molar-refractivity contribution in [1.29, 1.82) is 0 Å². The first-order valence-corrected chi connectivity index (χ1v) is 5.92. The Morgan fingerprint density at radius 1 is 1.62 bits per heavy atom. The molecule has 1 rings (SSSR count). The van der Waals surface area contributed by atoms with Crippen LogP contribution >= 0.6 is 27.3 Å². The summed E-state index contributed by atoms with van der Waals surface area (Å²) >= 11 is 5.22. The second-order valence-corrected chi connectivity index (χ2v) is 5.69. The van der Waals surface area contributed by atoms with Gasteiger partial charge >= 0.3 is 0 Å². The Bertz CT molecular complexity index is 260. The summed E-state index contributed by atoms with van der Waals surface area (Å²) in [4.78, 5) is 1.34. The van der Waals surface area contributed by atoms with Gasteiger partial charge in [0.25, 0.3) is 0 Å². The van der Waals surface area contributed by atoms with E-state index in [2.05, 4.69) is 33.4 Å². The van der Waals surface area contributed by atoms with Gasteiger partial charge in [0.15, 0.2) is 0 Å². The molecule has 2 nitrogen and oxygen atoms in total. The molecule has 0 spiro atoms. The fraction of sp³-hybridized carbons (Fsp3) is 0.556. The minimum absolute atomic E-state index is 0.235. The number of thiophene rings is 1. The van der Waals surface area contributed by atoms with Crippen LogP contribution in [-0.2, 0) is 0 Å². The molecule has 0 aliphatic heterocycles. The van der Waals surface area contributed by atoms with E-state index in [1.807, 2.05) is 14.0 Å². The van der Waals surface area contributed by atoms with Crippen molar-refractivity contribution in [3.63, 3.8) is 0 Å². The Labute approximate surface area is 91.7 Å². The lowest BCUT2D eigenvalue weighted by atomic mass is 10.1. The van der Waals surface area contributed by atoms with Crippen molar-refractivity contribution >= 4 is 27.3 Å². The van der Waals surface area contributed by atoms with Crippen molar-refractivity contribution < 1.29 is 0 Å². The zero-order valence-electron chi connectivity index (χ0n) is 7.88. The van der Waals surface area contributed by atoms with Gasteiger partial charge in [0, 0.05) is 17.0 Å². The molecule has 1 heterocycles. The van der Waals surface area contributed by atoms with Crippen molar-refractivity contribution in [2.24, 2.45) is 5.73 Å². The fourth-order valence-corrected chi connectivity index (χ4v) is 2.81. The molecule has 1 aromatic heterocycles. The van der Waals surface area contributed by atoms with Crippen LogP contribution in [0.5, 0.6) is 0 Å². The quantitative estimate of drug-likeness (QED) is 0.876. The summed E-state index contributed by atoms with van der Waals surface area (Å²) in [6, 6.07) is 4.83. The summed E-state index contributed by atoms with van der Waals surface area (Å²) in [6.07, 6.45) is 0.976. The molecule has 2 unspecified atom stereocenters. The standard InChI is InChI=1S/C9H15BrN2S/c1-6(11)5-7(12-2)8-3-4-9(10)13-8/h3-4,6-7,12H,5,11H2,1-2H3. The van der Waals surface area contributed by atoms with Gasteiger partial charge in [0.1, 0.15) is 0 Å². The number of rotatable bonds is 4. The highest BCUT2D eigenvalue weighted by Crippen LogP contribution is 2.29. The molecule has 4 heteroatoms. The first-order valence-electron chi connectivity index (χ1n) is 4.31. The van der Waals surface area contributed by atoms with Crippen LogP contribution in [0.2, 0.25) is 0 Å². The summed E-state index contributed by atoms with van der Waals surface area (Å²) in [6.45, 7) is 2.03.